The molecule has 1 saturated heterocycles. The third-order valence-electron chi connectivity index (χ3n) is 3.71. The lowest BCUT2D eigenvalue weighted by molar-refractivity contribution is 0.132. The maximum absolute atomic E-state index is 6.02. The van der Waals surface area contributed by atoms with Gasteiger partial charge in [0.1, 0.15) is 0 Å². The van der Waals surface area contributed by atoms with E-state index in [1.807, 2.05) is 0 Å². The van der Waals surface area contributed by atoms with Crippen LogP contribution in [0.1, 0.15) is 29.2 Å². The van der Waals surface area contributed by atoms with Crippen LogP contribution in [0.2, 0.25) is 0 Å². The first kappa shape index (κ1) is 13.5. The Kier molecular flexibility index (Phi) is 4.75. The summed E-state index contributed by atoms with van der Waals surface area (Å²) in [5.41, 5.74) is 10.0. The van der Waals surface area contributed by atoms with Crippen molar-refractivity contribution < 1.29 is 4.74 Å². The zero-order valence-electron chi connectivity index (χ0n) is 11.5. The fourth-order valence-corrected chi connectivity index (χ4v) is 2.67. The van der Waals surface area contributed by atoms with Gasteiger partial charge in [-0.1, -0.05) is 23.8 Å². The molecule has 0 aromatic heterocycles. The van der Waals surface area contributed by atoms with E-state index in [9.17, 15) is 0 Å². The molecule has 1 aliphatic heterocycles. The Labute approximate surface area is 110 Å². The van der Waals surface area contributed by atoms with Crippen molar-refractivity contribution in [2.24, 2.45) is 5.73 Å². The van der Waals surface area contributed by atoms with Crippen molar-refractivity contribution in [3.63, 3.8) is 0 Å². The number of aryl methyl sites for hydroxylation is 2. The van der Waals surface area contributed by atoms with Gasteiger partial charge in [-0.3, -0.25) is 4.90 Å². The van der Waals surface area contributed by atoms with Crippen molar-refractivity contribution >= 4 is 0 Å². The summed E-state index contributed by atoms with van der Waals surface area (Å²) in [5, 5.41) is 0. The lowest BCUT2D eigenvalue weighted by Gasteiger charge is -2.30. The molecule has 0 spiro atoms. The van der Waals surface area contributed by atoms with Crippen molar-refractivity contribution in [2.75, 3.05) is 32.8 Å². The highest BCUT2D eigenvalue weighted by Crippen LogP contribution is 2.25. The molecule has 0 bridgehead atoms. The van der Waals surface area contributed by atoms with E-state index in [1.54, 1.807) is 0 Å². The first-order chi connectivity index (χ1) is 8.72. The zero-order valence-corrected chi connectivity index (χ0v) is 11.5. The van der Waals surface area contributed by atoms with Crippen LogP contribution < -0.4 is 5.73 Å². The lowest BCUT2D eigenvalue weighted by Crippen LogP contribution is -2.36. The highest BCUT2D eigenvalue weighted by Gasteiger charge is 2.21. The Hall–Kier alpha value is -0.900. The maximum Gasteiger partial charge on any atom is 0.0593 e. The van der Waals surface area contributed by atoms with Gasteiger partial charge in [-0.15, -0.1) is 0 Å². The number of ether oxygens (including phenoxy) is 1. The summed E-state index contributed by atoms with van der Waals surface area (Å²) in [6.45, 7) is 8.74. The number of nitrogens with zero attached hydrogens (tertiary/aromatic N) is 1. The Bertz CT molecular complexity index is 384. The highest BCUT2D eigenvalue weighted by molar-refractivity contribution is 5.33. The van der Waals surface area contributed by atoms with Crippen LogP contribution in [-0.2, 0) is 4.74 Å². The van der Waals surface area contributed by atoms with Crippen LogP contribution in [0.15, 0.2) is 18.2 Å². The van der Waals surface area contributed by atoms with Crippen molar-refractivity contribution in [1.82, 2.24) is 4.90 Å². The summed E-state index contributed by atoms with van der Waals surface area (Å²) < 4.78 is 5.53. The smallest absolute Gasteiger partial charge is 0.0593 e. The summed E-state index contributed by atoms with van der Waals surface area (Å²) in [7, 11) is 0. The van der Waals surface area contributed by atoms with Gasteiger partial charge in [-0.25, -0.2) is 0 Å². The summed E-state index contributed by atoms with van der Waals surface area (Å²) in [6.07, 6.45) is 1.10. The van der Waals surface area contributed by atoms with Crippen LogP contribution in [-0.4, -0.2) is 37.7 Å². The lowest BCUT2D eigenvalue weighted by atomic mass is 9.97. The molecule has 2 N–H and O–H groups in total. The van der Waals surface area contributed by atoms with Crippen molar-refractivity contribution in [1.29, 1.82) is 0 Å². The van der Waals surface area contributed by atoms with Crippen molar-refractivity contribution in [2.45, 2.75) is 26.3 Å². The molecule has 3 heteroatoms. The Morgan fingerprint density at radius 1 is 1.28 bits per heavy atom. The van der Waals surface area contributed by atoms with Gasteiger partial charge < -0.3 is 10.5 Å². The maximum atomic E-state index is 6.02. The summed E-state index contributed by atoms with van der Waals surface area (Å²) in [5.74, 6) is 0. The number of nitrogens with two attached hydrogens (primary N) is 1. The fourth-order valence-electron chi connectivity index (χ4n) is 2.67. The third-order valence-corrected chi connectivity index (χ3v) is 3.71. The van der Waals surface area contributed by atoms with E-state index in [4.69, 9.17) is 10.5 Å². The number of rotatable bonds is 3. The standard InChI is InChI=1S/C15H24N2O/c1-12-4-5-13(2)14(10-12)15(11-16)17-6-3-8-18-9-7-17/h4-5,10,15H,3,6-9,11,16H2,1-2H3. The molecule has 100 valence electrons. The first-order valence-electron chi connectivity index (χ1n) is 6.81. The quantitative estimate of drug-likeness (QED) is 0.889. The molecule has 0 saturated carbocycles. The Morgan fingerprint density at radius 3 is 2.89 bits per heavy atom. The van der Waals surface area contributed by atoms with Gasteiger partial charge in [0.05, 0.1) is 6.61 Å². The van der Waals surface area contributed by atoms with Gasteiger partial charge in [-0.05, 0) is 31.4 Å². The molecule has 3 nitrogen and oxygen atoms in total. The number of hydrogen-bond donors (Lipinski definition) is 1. The molecule has 1 atom stereocenters. The van der Waals surface area contributed by atoms with Crippen LogP contribution >= 0.6 is 0 Å². The van der Waals surface area contributed by atoms with E-state index in [1.165, 1.54) is 16.7 Å². The molecule has 0 radical (unpaired) electrons. The predicted octanol–water partition coefficient (Wildman–Crippen LogP) is 2.03. The SMILES string of the molecule is Cc1ccc(C)c(C(CN)N2CCCOCC2)c1. The molecule has 1 aromatic carbocycles. The van der Waals surface area contributed by atoms with Crippen molar-refractivity contribution in [3.05, 3.63) is 34.9 Å². The van der Waals surface area contributed by atoms with Gasteiger partial charge in [0, 0.05) is 32.3 Å². The zero-order chi connectivity index (χ0) is 13.0. The Balaban J connectivity index is 2.23. The minimum absolute atomic E-state index is 0.326. The molecule has 1 unspecified atom stereocenters. The molecule has 1 heterocycles. The van der Waals surface area contributed by atoms with Crippen LogP contribution in [0.3, 0.4) is 0 Å². The first-order valence-corrected chi connectivity index (χ1v) is 6.81. The van der Waals surface area contributed by atoms with E-state index in [2.05, 4.69) is 36.9 Å². The largest absolute Gasteiger partial charge is 0.380 e. The molecule has 0 aliphatic carbocycles. The monoisotopic (exact) mass is 248 g/mol. The third kappa shape index (κ3) is 3.10. The van der Waals surface area contributed by atoms with Gasteiger partial charge in [0.2, 0.25) is 0 Å². The molecular weight excluding hydrogens is 224 g/mol. The normalized spacial score (nSPS) is 19.5. The van der Waals surface area contributed by atoms with Crippen LogP contribution in [0.5, 0.6) is 0 Å². The number of benzene rings is 1. The average Bonchev–Trinajstić information content (AvgIpc) is 2.64. The van der Waals surface area contributed by atoms with E-state index >= 15 is 0 Å². The summed E-state index contributed by atoms with van der Waals surface area (Å²) in [6, 6.07) is 6.96. The second-order valence-electron chi connectivity index (χ2n) is 5.11. The molecule has 1 fully saturated rings. The van der Waals surface area contributed by atoms with E-state index in [0.29, 0.717) is 12.6 Å². The van der Waals surface area contributed by atoms with E-state index in [0.717, 1.165) is 32.7 Å². The van der Waals surface area contributed by atoms with Crippen molar-refractivity contribution in [3.8, 4) is 0 Å². The molecule has 1 aliphatic rings. The van der Waals surface area contributed by atoms with Gasteiger partial charge in [-0.2, -0.15) is 0 Å². The molecular formula is C15H24N2O. The minimum Gasteiger partial charge on any atom is -0.380 e. The van der Waals surface area contributed by atoms with E-state index in [-0.39, 0.29) is 0 Å². The molecule has 2 rings (SSSR count). The van der Waals surface area contributed by atoms with Gasteiger partial charge in [0.15, 0.2) is 0 Å². The summed E-state index contributed by atoms with van der Waals surface area (Å²) in [4.78, 5) is 2.47. The number of hydrogen-bond acceptors (Lipinski definition) is 3. The second-order valence-corrected chi connectivity index (χ2v) is 5.11. The molecule has 18 heavy (non-hydrogen) atoms. The average molecular weight is 248 g/mol. The van der Waals surface area contributed by atoms with Crippen LogP contribution in [0.4, 0.5) is 0 Å². The van der Waals surface area contributed by atoms with Gasteiger partial charge >= 0.3 is 0 Å². The summed E-state index contributed by atoms with van der Waals surface area (Å²) >= 11 is 0. The topological polar surface area (TPSA) is 38.5 Å². The fraction of sp³-hybridized carbons (Fsp3) is 0.600. The predicted molar refractivity (Wildman–Crippen MR) is 74.7 cm³/mol. The van der Waals surface area contributed by atoms with Crippen LogP contribution in [0, 0.1) is 13.8 Å². The molecule has 1 aromatic rings. The highest BCUT2D eigenvalue weighted by atomic mass is 16.5. The van der Waals surface area contributed by atoms with Crippen LogP contribution in [0.25, 0.3) is 0 Å². The second kappa shape index (κ2) is 6.32. The molecule has 0 amide bonds. The van der Waals surface area contributed by atoms with Gasteiger partial charge in [0.25, 0.3) is 0 Å². The van der Waals surface area contributed by atoms with E-state index < -0.39 is 0 Å². The Morgan fingerprint density at radius 2 is 2.11 bits per heavy atom. The minimum atomic E-state index is 0.326.